The van der Waals surface area contributed by atoms with Crippen molar-refractivity contribution < 1.29 is 4.74 Å². The van der Waals surface area contributed by atoms with Gasteiger partial charge in [0.05, 0.1) is 0 Å². The minimum absolute atomic E-state index is 0.406. The lowest BCUT2D eigenvalue weighted by Crippen LogP contribution is -2.11. The quantitative estimate of drug-likeness (QED) is 0.735. The third-order valence-electron chi connectivity index (χ3n) is 1.98. The van der Waals surface area contributed by atoms with E-state index in [9.17, 15) is 0 Å². The molecular formula is C9H16N2O. The van der Waals surface area contributed by atoms with Crippen LogP contribution in [0.15, 0.2) is 18.5 Å². The summed E-state index contributed by atoms with van der Waals surface area (Å²) in [5.74, 6) is 0. The van der Waals surface area contributed by atoms with Crippen molar-refractivity contribution in [2.45, 2.75) is 19.7 Å². The van der Waals surface area contributed by atoms with Gasteiger partial charge in [0.15, 0.2) is 0 Å². The van der Waals surface area contributed by atoms with Crippen LogP contribution < -0.4 is 5.32 Å². The molecule has 68 valence electrons. The second-order valence-corrected chi connectivity index (χ2v) is 2.89. The maximum Gasteiger partial charge on any atom is 0.121 e. The number of hydrogen-bond donors (Lipinski definition) is 1. The summed E-state index contributed by atoms with van der Waals surface area (Å²) < 4.78 is 7.01. The summed E-state index contributed by atoms with van der Waals surface area (Å²) >= 11 is 0. The van der Waals surface area contributed by atoms with Crippen LogP contribution >= 0.6 is 0 Å². The van der Waals surface area contributed by atoms with Crippen molar-refractivity contribution in [1.82, 2.24) is 9.88 Å². The lowest BCUT2D eigenvalue weighted by Gasteiger charge is -2.06. The number of ether oxygens (including phenoxy) is 1. The van der Waals surface area contributed by atoms with E-state index in [1.807, 2.05) is 17.8 Å². The van der Waals surface area contributed by atoms with Crippen molar-refractivity contribution in [3.63, 3.8) is 0 Å². The normalized spacial score (nSPS) is 13.2. The fraction of sp³-hybridized carbons (Fsp3) is 0.556. The van der Waals surface area contributed by atoms with Crippen molar-refractivity contribution >= 4 is 0 Å². The van der Waals surface area contributed by atoms with E-state index < -0.39 is 0 Å². The van der Waals surface area contributed by atoms with Crippen molar-refractivity contribution in [3.8, 4) is 0 Å². The topological polar surface area (TPSA) is 26.2 Å². The standard InChI is InChI=1S/C9H16N2O/c1-8(10-2)9-4-5-11(6-9)7-12-3/h4-6,8,10H,7H2,1-3H3. The largest absolute Gasteiger partial charge is 0.364 e. The van der Waals surface area contributed by atoms with E-state index in [-0.39, 0.29) is 0 Å². The Morgan fingerprint density at radius 3 is 3.00 bits per heavy atom. The molecule has 1 N–H and O–H groups in total. The van der Waals surface area contributed by atoms with Gasteiger partial charge in [-0.2, -0.15) is 0 Å². The molecule has 0 amide bonds. The van der Waals surface area contributed by atoms with Crippen molar-refractivity contribution in [2.75, 3.05) is 14.2 Å². The zero-order valence-corrected chi connectivity index (χ0v) is 7.87. The molecule has 0 aromatic carbocycles. The number of methoxy groups -OCH3 is 1. The van der Waals surface area contributed by atoms with E-state index in [0.29, 0.717) is 12.8 Å². The van der Waals surface area contributed by atoms with Gasteiger partial charge in [0, 0.05) is 25.5 Å². The number of aromatic nitrogens is 1. The smallest absolute Gasteiger partial charge is 0.121 e. The SMILES string of the molecule is CNC(C)c1ccn(COC)c1. The molecule has 0 aliphatic carbocycles. The van der Waals surface area contributed by atoms with Gasteiger partial charge in [0.25, 0.3) is 0 Å². The highest BCUT2D eigenvalue weighted by Crippen LogP contribution is 2.11. The lowest BCUT2D eigenvalue weighted by atomic mass is 10.2. The average molecular weight is 168 g/mol. The maximum atomic E-state index is 5.00. The predicted molar refractivity (Wildman–Crippen MR) is 48.9 cm³/mol. The number of rotatable bonds is 4. The number of hydrogen-bond acceptors (Lipinski definition) is 2. The summed E-state index contributed by atoms with van der Waals surface area (Å²) in [4.78, 5) is 0. The third-order valence-corrected chi connectivity index (χ3v) is 1.98. The summed E-state index contributed by atoms with van der Waals surface area (Å²) in [6, 6.07) is 2.50. The van der Waals surface area contributed by atoms with Gasteiger partial charge >= 0.3 is 0 Å². The highest BCUT2D eigenvalue weighted by Gasteiger charge is 2.02. The van der Waals surface area contributed by atoms with Crippen LogP contribution in [0.2, 0.25) is 0 Å². The van der Waals surface area contributed by atoms with E-state index in [0.717, 1.165) is 0 Å². The molecule has 0 radical (unpaired) electrons. The Bertz CT molecular complexity index is 232. The Morgan fingerprint density at radius 1 is 1.67 bits per heavy atom. The van der Waals surface area contributed by atoms with E-state index in [2.05, 4.69) is 24.5 Å². The van der Waals surface area contributed by atoms with Gasteiger partial charge in [-0.25, -0.2) is 0 Å². The minimum Gasteiger partial charge on any atom is -0.364 e. The number of nitrogens with zero attached hydrogens (tertiary/aromatic N) is 1. The predicted octanol–water partition coefficient (Wildman–Crippen LogP) is 1.37. The molecule has 0 aliphatic rings. The summed E-state index contributed by atoms with van der Waals surface area (Å²) in [5.41, 5.74) is 1.29. The van der Waals surface area contributed by atoms with Gasteiger partial charge in [-0.1, -0.05) is 0 Å². The van der Waals surface area contributed by atoms with Gasteiger partial charge in [0.2, 0.25) is 0 Å². The van der Waals surface area contributed by atoms with E-state index in [1.165, 1.54) is 5.56 Å². The molecule has 0 fully saturated rings. The van der Waals surface area contributed by atoms with Gasteiger partial charge < -0.3 is 14.6 Å². The minimum atomic E-state index is 0.406. The summed E-state index contributed by atoms with van der Waals surface area (Å²) in [7, 11) is 3.65. The van der Waals surface area contributed by atoms with Crippen LogP contribution in [0.25, 0.3) is 0 Å². The maximum absolute atomic E-state index is 5.00. The molecule has 0 saturated heterocycles. The summed E-state index contributed by atoms with van der Waals surface area (Å²) in [6.45, 7) is 2.75. The first kappa shape index (κ1) is 9.29. The molecule has 3 nitrogen and oxygen atoms in total. The zero-order valence-electron chi connectivity index (χ0n) is 7.87. The third kappa shape index (κ3) is 2.09. The van der Waals surface area contributed by atoms with Gasteiger partial charge in [-0.3, -0.25) is 0 Å². The average Bonchev–Trinajstić information content (AvgIpc) is 2.52. The fourth-order valence-electron chi connectivity index (χ4n) is 1.11. The van der Waals surface area contributed by atoms with Gasteiger partial charge in [-0.05, 0) is 25.6 Å². The zero-order chi connectivity index (χ0) is 8.97. The lowest BCUT2D eigenvalue weighted by molar-refractivity contribution is 0.131. The van der Waals surface area contributed by atoms with Crippen LogP contribution in [-0.4, -0.2) is 18.7 Å². The van der Waals surface area contributed by atoms with Crippen LogP contribution in [0, 0.1) is 0 Å². The molecule has 1 unspecified atom stereocenters. The van der Waals surface area contributed by atoms with Crippen LogP contribution in [0.4, 0.5) is 0 Å². The second kappa shape index (κ2) is 4.28. The molecule has 12 heavy (non-hydrogen) atoms. The molecule has 3 heteroatoms. The Balaban J connectivity index is 2.63. The summed E-state index contributed by atoms with van der Waals surface area (Å²) in [6.07, 6.45) is 4.11. The molecule has 0 spiro atoms. The molecule has 1 rings (SSSR count). The second-order valence-electron chi connectivity index (χ2n) is 2.89. The molecule has 0 bridgehead atoms. The highest BCUT2D eigenvalue weighted by molar-refractivity contribution is 5.14. The van der Waals surface area contributed by atoms with Gasteiger partial charge in [-0.15, -0.1) is 0 Å². The Kier molecular flexibility index (Phi) is 3.31. The summed E-state index contributed by atoms with van der Waals surface area (Å²) in [5, 5.41) is 3.18. The number of nitrogens with one attached hydrogen (secondary N) is 1. The molecular weight excluding hydrogens is 152 g/mol. The Morgan fingerprint density at radius 2 is 2.42 bits per heavy atom. The van der Waals surface area contributed by atoms with Crippen molar-refractivity contribution in [3.05, 3.63) is 24.0 Å². The van der Waals surface area contributed by atoms with E-state index in [1.54, 1.807) is 7.11 Å². The molecule has 1 atom stereocenters. The first-order chi connectivity index (χ1) is 5.77. The molecule has 0 saturated carbocycles. The van der Waals surface area contributed by atoms with Crippen LogP contribution in [-0.2, 0) is 11.5 Å². The highest BCUT2D eigenvalue weighted by atomic mass is 16.5. The monoisotopic (exact) mass is 168 g/mol. The fourth-order valence-corrected chi connectivity index (χ4v) is 1.11. The molecule has 1 aromatic rings. The van der Waals surface area contributed by atoms with Crippen molar-refractivity contribution in [2.24, 2.45) is 0 Å². The van der Waals surface area contributed by atoms with Crippen LogP contribution in [0.3, 0.4) is 0 Å². The van der Waals surface area contributed by atoms with Crippen LogP contribution in [0.1, 0.15) is 18.5 Å². The van der Waals surface area contributed by atoms with Gasteiger partial charge in [0.1, 0.15) is 6.73 Å². The first-order valence-electron chi connectivity index (χ1n) is 4.09. The Labute approximate surface area is 73.3 Å². The first-order valence-corrected chi connectivity index (χ1v) is 4.09. The van der Waals surface area contributed by atoms with Crippen LogP contribution in [0.5, 0.6) is 0 Å². The molecule has 1 heterocycles. The molecule has 0 aliphatic heterocycles. The van der Waals surface area contributed by atoms with E-state index in [4.69, 9.17) is 4.74 Å². The van der Waals surface area contributed by atoms with E-state index >= 15 is 0 Å². The molecule has 1 aromatic heterocycles. The Hall–Kier alpha value is -0.800. The van der Waals surface area contributed by atoms with Crippen molar-refractivity contribution in [1.29, 1.82) is 0 Å².